The Morgan fingerprint density at radius 2 is 1.94 bits per heavy atom. The highest BCUT2D eigenvalue weighted by molar-refractivity contribution is 7.62. The first-order valence-corrected chi connectivity index (χ1v) is 8.61. The Hall–Kier alpha value is -1.12. The molecule has 0 aromatic heterocycles. The third-order valence-electron chi connectivity index (χ3n) is 2.42. The quantitative estimate of drug-likeness (QED) is 0.636. The maximum atomic E-state index is 11.6. The van der Waals surface area contributed by atoms with Crippen molar-refractivity contribution in [3.05, 3.63) is 35.9 Å². The monoisotopic (exact) mass is 270 g/mol. The van der Waals surface area contributed by atoms with Crippen molar-refractivity contribution in [2.45, 2.75) is 12.5 Å². The van der Waals surface area contributed by atoms with Gasteiger partial charge in [-0.2, -0.15) is 0 Å². The Labute approximate surface area is 107 Å². The molecule has 18 heavy (non-hydrogen) atoms. The third-order valence-corrected chi connectivity index (χ3v) is 3.75. The van der Waals surface area contributed by atoms with Crippen LogP contribution in [-0.2, 0) is 9.30 Å². The van der Waals surface area contributed by atoms with Gasteiger partial charge >= 0.3 is 5.97 Å². The highest BCUT2D eigenvalue weighted by Gasteiger charge is 2.14. The second-order valence-electron chi connectivity index (χ2n) is 4.70. The number of aliphatic hydroxyl groups excluding tert-OH is 1. The molecule has 0 spiro atoms. The Kier molecular flexibility index (Phi) is 5.57. The standard InChI is InChI=1S/C13H19O4P/c1-18(2,16)9-8-12(14)10-17-13(15)11-6-4-3-5-7-11/h3-7,12,14H,8-10H2,1-2H3. The van der Waals surface area contributed by atoms with E-state index in [1.165, 1.54) is 0 Å². The number of ether oxygens (including phenoxy) is 1. The van der Waals surface area contributed by atoms with Crippen LogP contribution in [0.25, 0.3) is 0 Å². The maximum absolute atomic E-state index is 11.6. The van der Waals surface area contributed by atoms with Crippen LogP contribution in [-0.4, -0.2) is 43.3 Å². The highest BCUT2D eigenvalue weighted by Crippen LogP contribution is 2.36. The first-order valence-electron chi connectivity index (χ1n) is 5.83. The van der Waals surface area contributed by atoms with E-state index in [0.717, 1.165) is 0 Å². The van der Waals surface area contributed by atoms with E-state index < -0.39 is 19.2 Å². The van der Waals surface area contributed by atoms with Crippen molar-refractivity contribution in [1.82, 2.24) is 0 Å². The van der Waals surface area contributed by atoms with Crippen molar-refractivity contribution in [1.29, 1.82) is 0 Å². The second kappa shape index (κ2) is 6.72. The van der Waals surface area contributed by atoms with E-state index in [-0.39, 0.29) is 6.61 Å². The molecular formula is C13H19O4P. The van der Waals surface area contributed by atoms with Crippen LogP contribution >= 0.6 is 7.14 Å². The van der Waals surface area contributed by atoms with Crippen LogP contribution in [0.15, 0.2) is 30.3 Å². The molecule has 0 saturated heterocycles. The fourth-order valence-corrected chi connectivity index (χ4v) is 2.29. The Bertz CT molecular complexity index is 424. The van der Waals surface area contributed by atoms with E-state index in [2.05, 4.69) is 0 Å². The molecule has 100 valence electrons. The normalized spacial score (nSPS) is 13.1. The average Bonchev–Trinajstić information content (AvgIpc) is 2.33. The molecule has 0 saturated carbocycles. The predicted molar refractivity (Wildman–Crippen MR) is 71.7 cm³/mol. The summed E-state index contributed by atoms with van der Waals surface area (Å²) in [5.41, 5.74) is 0.460. The molecule has 0 amide bonds. The molecular weight excluding hydrogens is 251 g/mol. The number of carbonyl (C=O) groups is 1. The van der Waals surface area contributed by atoms with Gasteiger partial charge in [0.05, 0.1) is 18.8 Å². The topological polar surface area (TPSA) is 63.6 Å². The number of carbonyl (C=O) groups excluding carboxylic acids is 1. The SMILES string of the molecule is CP(C)(=O)CCC(O)COC(=O)c1ccccc1. The summed E-state index contributed by atoms with van der Waals surface area (Å²) in [7, 11) is -2.13. The largest absolute Gasteiger partial charge is 0.459 e. The summed E-state index contributed by atoms with van der Waals surface area (Å²) in [6.45, 7) is 3.29. The van der Waals surface area contributed by atoms with Crippen molar-refractivity contribution in [3.8, 4) is 0 Å². The third kappa shape index (κ3) is 5.99. The summed E-state index contributed by atoms with van der Waals surface area (Å²) in [6.07, 6.45) is 0.0783. The number of esters is 1. The summed E-state index contributed by atoms with van der Waals surface area (Å²) >= 11 is 0. The Balaban J connectivity index is 2.33. The van der Waals surface area contributed by atoms with Gasteiger partial charge in [-0.25, -0.2) is 4.79 Å². The molecule has 5 heteroatoms. The van der Waals surface area contributed by atoms with Gasteiger partial charge in [0.2, 0.25) is 0 Å². The van der Waals surface area contributed by atoms with E-state index in [0.29, 0.717) is 18.1 Å². The summed E-state index contributed by atoms with van der Waals surface area (Å²) < 4.78 is 16.4. The summed E-state index contributed by atoms with van der Waals surface area (Å²) in [5.74, 6) is -0.453. The van der Waals surface area contributed by atoms with Crippen molar-refractivity contribution < 1.29 is 19.2 Å². The summed E-state index contributed by atoms with van der Waals surface area (Å²) in [4.78, 5) is 11.6. The lowest BCUT2D eigenvalue weighted by molar-refractivity contribution is 0.0252. The van der Waals surface area contributed by atoms with Gasteiger partial charge in [-0.3, -0.25) is 0 Å². The molecule has 4 nitrogen and oxygen atoms in total. The van der Waals surface area contributed by atoms with Crippen molar-refractivity contribution in [3.63, 3.8) is 0 Å². The number of aliphatic hydroxyl groups is 1. The van der Waals surface area contributed by atoms with Crippen molar-refractivity contribution >= 4 is 13.1 Å². The minimum absolute atomic E-state index is 0.0618. The number of benzene rings is 1. The summed E-state index contributed by atoms with van der Waals surface area (Å²) in [6, 6.07) is 8.61. The molecule has 0 aliphatic rings. The van der Waals surface area contributed by atoms with E-state index in [4.69, 9.17) is 4.74 Å². The highest BCUT2D eigenvalue weighted by atomic mass is 31.2. The van der Waals surface area contributed by atoms with Crippen LogP contribution in [0, 0.1) is 0 Å². The van der Waals surface area contributed by atoms with Gasteiger partial charge in [0.1, 0.15) is 6.61 Å². The van der Waals surface area contributed by atoms with Crippen LogP contribution in [0.2, 0.25) is 0 Å². The average molecular weight is 270 g/mol. The first-order chi connectivity index (χ1) is 8.38. The zero-order valence-electron chi connectivity index (χ0n) is 10.7. The number of rotatable bonds is 6. The molecule has 0 aliphatic heterocycles. The summed E-state index contributed by atoms with van der Waals surface area (Å²) in [5, 5.41) is 9.61. The Morgan fingerprint density at radius 1 is 1.33 bits per heavy atom. The molecule has 0 aliphatic carbocycles. The zero-order valence-corrected chi connectivity index (χ0v) is 11.6. The van der Waals surface area contributed by atoms with Gasteiger partial charge in [0.25, 0.3) is 0 Å². The number of hydrogen-bond acceptors (Lipinski definition) is 4. The Morgan fingerprint density at radius 3 is 2.50 bits per heavy atom. The molecule has 1 aromatic rings. The molecule has 1 unspecified atom stereocenters. The van der Waals surface area contributed by atoms with E-state index >= 15 is 0 Å². The van der Waals surface area contributed by atoms with Gasteiger partial charge in [0.15, 0.2) is 0 Å². The van der Waals surface area contributed by atoms with E-state index in [9.17, 15) is 14.5 Å². The first kappa shape index (κ1) is 14.9. The molecule has 0 fully saturated rings. The van der Waals surface area contributed by atoms with Gasteiger partial charge in [0, 0.05) is 6.16 Å². The molecule has 0 bridgehead atoms. The lowest BCUT2D eigenvalue weighted by atomic mass is 10.2. The zero-order chi connectivity index (χ0) is 13.6. The van der Waals surface area contributed by atoms with Crippen LogP contribution in [0.4, 0.5) is 0 Å². The molecule has 1 N–H and O–H groups in total. The molecule has 1 atom stereocenters. The van der Waals surface area contributed by atoms with Crippen LogP contribution in [0.3, 0.4) is 0 Å². The number of hydrogen-bond donors (Lipinski definition) is 1. The lowest BCUT2D eigenvalue weighted by Crippen LogP contribution is -2.19. The van der Waals surface area contributed by atoms with Crippen LogP contribution in [0.5, 0.6) is 0 Å². The van der Waals surface area contributed by atoms with Crippen molar-refractivity contribution in [2.75, 3.05) is 26.1 Å². The second-order valence-corrected chi connectivity index (χ2v) is 8.30. The minimum Gasteiger partial charge on any atom is -0.459 e. The van der Waals surface area contributed by atoms with Crippen molar-refractivity contribution in [2.24, 2.45) is 0 Å². The molecule has 0 radical (unpaired) electrons. The molecule has 1 rings (SSSR count). The van der Waals surface area contributed by atoms with Gasteiger partial charge < -0.3 is 14.4 Å². The van der Waals surface area contributed by atoms with E-state index in [1.807, 2.05) is 6.07 Å². The van der Waals surface area contributed by atoms with Gasteiger partial charge in [-0.05, 0) is 31.9 Å². The van der Waals surface area contributed by atoms with Crippen LogP contribution < -0.4 is 0 Å². The molecule has 1 aromatic carbocycles. The smallest absolute Gasteiger partial charge is 0.338 e. The van der Waals surface area contributed by atoms with Crippen LogP contribution in [0.1, 0.15) is 16.8 Å². The van der Waals surface area contributed by atoms with Gasteiger partial charge in [-0.15, -0.1) is 0 Å². The lowest BCUT2D eigenvalue weighted by Gasteiger charge is -2.13. The van der Waals surface area contributed by atoms with Gasteiger partial charge in [-0.1, -0.05) is 18.2 Å². The molecule has 0 heterocycles. The fraction of sp³-hybridized carbons (Fsp3) is 0.462. The maximum Gasteiger partial charge on any atom is 0.338 e. The predicted octanol–water partition coefficient (Wildman–Crippen LogP) is 2.22. The fourth-order valence-electron chi connectivity index (χ4n) is 1.37. The van der Waals surface area contributed by atoms with E-state index in [1.54, 1.807) is 37.6 Å². The minimum atomic E-state index is -2.13.